The molecular weight excluding hydrogens is 346 g/mol. The second-order valence-corrected chi connectivity index (χ2v) is 6.11. The third-order valence-electron chi connectivity index (χ3n) is 4.52. The molecule has 138 valence electrons. The molecule has 0 unspecified atom stereocenters. The fourth-order valence-corrected chi connectivity index (χ4v) is 3.27. The zero-order chi connectivity index (χ0) is 19.0. The number of ether oxygens (including phenoxy) is 2. The monoisotopic (exact) mass is 365 g/mol. The Morgan fingerprint density at radius 2 is 2.04 bits per heavy atom. The van der Waals surface area contributed by atoms with Crippen LogP contribution in [0.3, 0.4) is 0 Å². The van der Waals surface area contributed by atoms with Crippen LogP contribution in [0.15, 0.2) is 30.5 Å². The Labute approximate surface area is 156 Å². The lowest BCUT2D eigenvalue weighted by Crippen LogP contribution is -2.12. The number of esters is 1. The molecule has 0 amide bonds. The molecule has 0 radical (unpaired) electrons. The molecule has 0 saturated heterocycles. The summed E-state index contributed by atoms with van der Waals surface area (Å²) in [6.45, 7) is 2.06. The molecule has 0 bridgehead atoms. The van der Waals surface area contributed by atoms with E-state index in [1.807, 2.05) is 24.3 Å². The summed E-state index contributed by atoms with van der Waals surface area (Å²) in [6, 6.07) is 7.43. The van der Waals surface area contributed by atoms with E-state index in [0.717, 1.165) is 28.3 Å². The van der Waals surface area contributed by atoms with Crippen LogP contribution in [-0.4, -0.2) is 39.4 Å². The highest BCUT2D eigenvalue weighted by Crippen LogP contribution is 2.36. The number of carbonyl (C=O) groups excluding carboxylic acids is 1. The van der Waals surface area contributed by atoms with Gasteiger partial charge < -0.3 is 15.2 Å². The molecular formula is C19H19N5O3. The third kappa shape index (κ3) is 2.88. The van der Waals surface area contributed by atoms with Crippen molar-refractivity contribution in [3.63, 3.8) is 0 Å². The third-order valence-corrected chi connectivity index (χ3v) is 4.52. The molecule has 3 aromatic rings. The van der Waals surface area contributed by atoms with Crippen LogP contribution in [0.5, 0.6) is 5.75 Å². The Morgan fingerprint density at radius 3 is 2.74 bits per heavy atom. The van der Waals surface area contributed by atoms with Gasteiger partial charge in [0.05, 0.1) is 30.8 Å². The summed E-state index contributed by atoms with van der Waals surface area (Å²) < 4.78 is 12.1. The van der Waals surface area contributed by atoms with Crippen LogP contribution in [0, 0.1) is 0 Å². The smallest absolute Gasteiger partial charge is 0.359 e. The highest BCUT2D eigenvalue weighted by molar-refractivity contribution is 5.92. The lowest BCUT2D eigenvalue weighted by molar-refractivity contribution is 0.0517. The van der Waals surface area contributed by atoms with Crippen LogP contribution in [0.2, 0.25) is 0 Å². The molecule has 1 aliphatic rings. The maximum Gasteiger partial charge on any atom is 0.359 e. The van der Waals surface area contributed by atoms with Gasteiger partial charge in [-0.25, -0.2) is 19.4 Å². The van der Waals surface area contributed by atoms with Gasteiger partial charge >= 0.3 is 5.97 Å². The van der Waals surface area contributed by atoms with Gasteiger partial charge in [0.2, 0.25) is 5.95 Å². The van der Waals surface area contributed by atoms with Crippen LogP contribution in [0.4, 0.5) is 5.95 Å². The molecule has 2 N–H and O–H groups in total. The van der Waals surface area contributed by atoms with Crippen LogP contribution >= 0.6 is 0 Å². The van der Waals surface area contributed by atoms with Crippen LogP contribution < -0.4 is 10.5 Å². The van der Waals surface area contributed by atoms with Crippen molar-refractivity contribution in [1.82, 2.24) is 19.7 Å². The summed E-state index contributed by atoms with van der Waals surface area (Å²) in [6.07, 6.45) is 3.10. The first kappa shape index (κ1) is 17.0. The first-order valence-electron chi connectivity index (χ1n) is 8.67. The molecule has 8 nitrogen and oxygen atoms in total. The number of anilines is 1. The van der Waals surface area contributed by atoms with Gasteiger partial charge in [0, 0.05) is 11.8 Å². The van der Waals surface area contributed by atoms with E-state index in [0.29, 0.717) is 24.2 Å². The Balaban J connectivity index is 1.94. The molecule has 2 aromatic heterocycles. The van der Waals surface area contributed by atoms with E-state index in [1.165, 1.54) is 0 Å². The van der Waals surface area contributed by atoms with Crippen molar-refractivity contribution in [3.05, 3.63) is 47.3 Å². The van der Waals surface area contributed by atoms with Gasteiger partial charge in [-0.1, -0.05) is 0 Å². The predicted molar refractivity (Wildman–Crippen MR) is 98.9 cm³/mol. The SMILES string of the molecule is CCOC(=O)c1nn(-c2ccc(OC)cc2)c2c1CCc1cnc(N)nc1-2. The van der Waals surface area contributed by atoms with E-state index >= 15 is 0 Å². The lowest BCUT2D eigenvalue weighted by Gasteiger charge is -2.17. The van der Waals surface area contributed by atoms with E-state index in [4.69, 9.17) is 15.2 Å². The number of fused-ring (bicyclic) bond motifs is 3. The average molecular weight is 365 g/mol. The highest BCUT2D eigenvalue weighted by atomic mass is 16.5. The molecule has 27 heavy (non-hydrogen) atoms. The molecule has 0 spiro atoms. The van der Waals surface area contributed by atoms with E-state index in [-0.39, 0.29) is 12.6 Å². The molecule has 0 fully saturated rings. The van der Waals surface area contributed by atoms with Crippen molar-refractivity contribution in [1.29, 1.82) is 0 Å². The van der Waals surface area contributed by atoms with Gasteiger partial charge in [0.1, 0.15) is 5.75 Å². The van der Waals surface area contributed by atoms with Crippen molar-refractivity contribution in [2.24, 2.45) is 0 Å². The zero-order valence-electron chi connectivity index (χ0n) is 15.1. The van der Waals surface area contributed by atoms with E-state index in [9.17, 15) is 4.79 Å². The number of carbonyl (C=O) groups is 1. The Bertz CT molecular complexity index is 1010. The van der Waals surface area contributed by atoms with Crippen molar-refractivity contribution >= 4 is 11.9 Å². The molecule has 2 heterocycles. The molecule has 0 saturated carbocycles. The van der Waals surface area contributed by atoms with Gasteiger partial charge in [0.25, 0.3) is 0 Å². The second-order valence-electron chi connectivity index (χ2n) is 6.11. The van der Waals surface area contributed by atoms with Gasteiger partial charge in [0.15, 0.2) is 5.69 Å². The number of nitrogen functional groups attached to an aromatic ring is 1. The maximum absolute atomic E-state index is 12.5. The second kappa shape index (κ2) is 6.71. The highest BCUT2D eigenvalue weighted by Gasteiger charge is 2.30. The molecule has 1 aliphatic carbocycles. The number of hydrogen-bond donors (Lipinski definition) is 1. The Hall–Kier alpha value is -3.42. The fraction of sp³-hybridized carbons (Fsp3) is 0.263. The van der Waals surface area contributed by atoms with Crippen LogP contribution in [-0.2, 0) is 17.6 Å². The standard InChI is InChI=1S/C19H19N5O3/c1-3-27-18(25)16-14-9-4-11-10-21-19(20)22-15(11)17(14)24(23-16)12-5-7-13(26-2)8-6-12/h5-8,10H,3-4,9H2,1-2H3,(H2,20,21,22). The number of benzene rings is 1. The molecule has 1 aromatic carbocycles. The van der Waals surface area contributed by atoms with Crippen molar-refractivity contribution in [2.75, 3.05) is 19.5 Å². The molecule has 0 atom stereocenters. The number of rotatable bonds is 4. The summed E-state index contributed by atoms with van der Waals surface area (Å²) in [5, 5.41) is 4.56. The van der Waals surface area contributed by atoms with Crippen LogP contribution in [0.1, 0.15) is 28.5 Å². The number of methoxy groups -OCH3 is 1. The van der Waals surface area contributed by atoms with Crippen molar-refractivity contribution in [3.8, 4) is 22.8 Å². The minimum Gasteiger partial charge on any atom is -0.497 e. The van der Waals surface area contributed by atoms with Gasteiger partial charge in [-0.05, 0) is 49.6 Å². The van der Waals surface area contributed by atoms with Crippen molar-refractivity contribution in [2.45, 2.75) is 19.8 Å². The summed E-state index contributed by atoms with van der Waals surface area (Å²) in [5.74, 6) is 0.477. The first-order valence-corrected chi connectivity index (χ1v) is 8.67. The number of nitrogens with two attached hydrogens (primary N) is 1. The van der Waals surface area contributed by atoms with E-state index in [2.05, 4.69) is 15.1 Å². The summed E-state index contributed by atoms with van der Waals surface area (Å²) in [7, 11) is 1.61. The number of aromatic nitrogens is 4. The summed E-state index contributed by atoms with van der Waals surface area (Å²) in [5.41, 5.74) is 10.1. The Morgan fingerprint density at radius 1 is 1.26 bits per heavy atom. The fourth-order valence-electron chi connectivity index (χ4n) is 3.27. The van der Waals surface area contributed by atoms with Crippen molar-refractivity contribution < 1.29 is 14.3 Å². The van der Waals surface area contributed by atoms with Gasteiger partial charge in [-0.3, -0.25) is 0 Å². The number of nitrogens with zero attached hydrogens (tertiary/aromatic N) is 4. The molecule has 8 heteroatoms. The predicted octanol–water partition coefficient (Wildman–Crippen LogP) is 2.20. The quantitative estimate of drug-likeness (QED) is 0.707. The topological polar surface area (TPSA) is 105 Å². The summed E-state index contributed by atoms with van der Waals surface area (Å²) in [4.78, 5) is 21.0. The summed E-state index contributed by atoms with van der Waals surface area (Å²) >= 11 is 0. The Kier molecular flexibility index (Phi) is 4.23. The first-order chi connectivity index (χ1) is 13.1. The largest absolute Gasteiger partial charge is 0.497 e. The van der Waals surface area contributed by atoms with E-state index in [1.54, 1.807) is 24.9 Å². The van der Waals surface area contributed by atoms with E-state index < -0.39 is 5.97 Å². The minimum absolute atomic E-state index is 0.182. The molecule has 0 aliphatic heterocycles. The minimum atomic E-state index is -0.438. The number of hydrogen-bond acceptors (Lipinski definition) is 7. The number of aryl methyl sites for hydroxylation is 1. The van der Waals surface area contributed by atoms with Gasteiger partial charge in [-0.15, -0.1) is 0 Å². The maximum atomic E-state index is 12.5. The molecule has 4 rings (SSSR count). The average Bonchev–Trinajstić information content (AvgIpc) is 3.08. The zero-order valence-corrected chi connectivity index (χ0v) is 15.1. The van der Waals surface area contributed by atoms with Gasteiger partial charge in [-0.2, -0.15) is 5.10 Å². The normalized spacial score (nSPS) is 12.2. The lowest BCUT2D eigenvalue weighted by atomic mass is 9.93. The van der Waals surface area contributed by atoms with Crippen LogP contribution in [0.25, 0.3) is 17.1 Å².